The van der Waals surface area contributed by atoms with E-state index in [-0.39, 0.29) is 28.2 Å². The number of carbonyl (C=O) groups excluding carboxylic acids is 1. The number of aromatic nitrogens is 4. The molecule has 0 atom stereocenters. The van der Waals surface area contributed by atoms with Gasteiger partial charge in [0.15, 0.2) is 23.2 Å². The molecule has 1 aromatic carbocycles. The molecular weight excluding hydrogens is 494 g/mol. The van der Waals surface area contributed by atoms with Crippen LogP contribution in [0.1, 0.15) is 21.6 Å². The van der Waals surface area contributed by atoms with E-state index in [4.69, 9.17) is 4.74 Å². The fourth-order valence-electron chi connectivity index (χ4n) is 4.31. The van der Waals surface area contributed by atoms with Crippen molar-refractivity contribution in [2.75, 3.05) is 45.6 Å². The third-order valence-electron chi connectivity index (χ3n) is 6.23. The molecule has 1 aliphatic heterocycles. The lowest BCUT2D eigenvalue weighted by molar-refractivity contribution is 0.0825. The number of ether oxygens (including phenoxy) is 1. The lowest BCUT2D eigenvalue weighted by Crippen LogP contribution is -2.42. The Balaban J connectivity index is 1.44. The topological polar surface area (TPSA) is 111 Å². The van der Waals surface area contributed by atoms with Crippen molar-refractivity contribution in [1.82, 2.24) is 35.1 Å². The third kappa shape index (κ3) is 5.27. The number of carbonyl (C=O) groups is 1. The number of halogens is 2. The SMILES string of the molecule is Cc1cc2c(F)c(Oc3ncnc(Nc4ccc(CN5CCNCC5)cn4)c3C(=O)N(C)C)cc(F)c2[nH]1. The Hall–Kier alpha value is -4.16. The number of fused-ring (bicyclic) bond motifs is 1. The predicted octanol–water partition coefficient (Wildman–Crippen LogP) is 3.58. The van der Waals surface area contributed by atoms with Crippen LogP contribution in [0, 0.1) is 18.6 Å². The van der Waals surface area contributed by atoms with Gasteiger partial charge >= 0.3 is 0 Å². The number of hydrogen-bond acceptors (Lipinski definition) is 8. The number of pyridine rings is 1. The average molecular weight is 523 g/mol. The maximum absolute atomic E-state index is 15.2. The van der Waals surface area contributed by atoms with Crippen LogP contribution in [-0.4, -0.2) is 75.9 Å². The first-order valence-electron chi connectivity index (χ1n) is 12.2. The molecule has 4 aromatic rings. The minimum Gasteiger partial charge on any atom is -0.435 e. The highest BCUT2D eigenvalue weighted by atomic mass is 19.1. The van der Waals surface area contributed by atoms with Gasteiger partial charge in [0.1, 0.15) is 17.7 Å². The zero-order chi connectivity index (χ0) is 26.8. The number of anilines is 2. The van der Waals surface area contributed by atoms with Crippen molar-refractivity contribution in [3.05, 3.63) is 65.2 Å². The van der Waals surface area contributed by atoms with Gasteiger partial charge in [-0.2, -0.15) is 0 Å². The van der Waals surface area contributed by atoms with E-state index in [2.05, 4.69) is 35.5 Å². The van der Waals surface area contributed by atoms with Gasteiger partial charge in [-0.1, -0.05) is 6.07 Å². The van der Waals surface area contributed by atoms with Gasteiger partial charge in [0.05, 0.1) is 5.52 Å². The van der Waals surface area contributed by atoms with Crippen LogP contribution in [0.3, 0.4) is 0 Å². The molecule has 1 aliphatic rings. The van der Waals surface area contributed by atoms with Crippen molar-refractivity contribution in [2.24, 2.45) is 0 Å². The van der Waals surface area contributed by atoms with E-state index < -0.39 is 23.3 Å². The van der Waals surface area contributed by atoms with Gasteiger partial charge in [-0.3, -0.25) is 9.69 Å². The van der Waals surface area contributed by atoms with Crippen LogP contribution in [-0.2, 0) is 6.54 Å². The second-order valence-corrected chi connectivity index (χ2v) is 9.32. The number of benzene rings is 1. The van der Waals surface area contributed by atoms with Crippen molar-refractivity contribution in [2.45, 2.75) is 13.5 Å². The molecule has 3 N–H and O–H groups in total. The standard InChI is InChI=1S/C26H28F2N8O2/c1-15-10-17-22(28)19(11-18(27)23(17)33-15)38-25-21(26(37)35(2)3)24(31-14-32-25)34-20-5-4-16(12-30-20)13-36-8-6-29-7-9-36/h4-5,10-12,14,29,33H,6-9,13H2,1-3H3,(H,30,31,32,34). The smallest absolute Gasteiger partial charge is 0.262 e. The molecule has 198 valence electrons. The Morgan fingerprint density at radius 2 is 1.95 bits per heavy atom. The van der Waals surface area contributed by atoms with Crippen molar-refractivity contribution >= 4 is 28.4 Å². The van der Waals surface area contributed by atoms with E-state index in [1.54, 1.807) is 33.3 Å². The first-order chi connectivity index (χ1) is 18.3. The normalized spacial score (nSPS) is 14.0. The Morgan fingerprint density at radius 3 is 2.66 bits per heavy atom. The van der Waals surface area contributed by atoms with Crippen LogP contribution in [0.15, 0.2) is 36.8 Å². The number of hydrogen-bond donors (Lipinski definition) is 3. The number of aryl methyl sites for hydroxylation is 1. The van der Waals surface area contributed by atoms with Gasteiger partial charge in [0.2, 0.25) is 5.88 Å². The number of H-pyrrole nitrogens is 1. The maximum atomic E-state index is 15.2. The number of aromatic amines is 1. The van der Waals surface area contributed by atoms with E-state index in [1.165, 1.54) is 17.3 Å². The fourth-order valence-corrected chi connectivity index (χ4v) is 4.31. The molecule has 0 aliphatic carbocycles. The Labute approximate surface area is 218 Å². The zero-order valence-corrected chi connectivity index (χ0v) is 21.3. The molecule has 3 aromatic heterocycles. The summed E-state index contributed by atoms with van der Waals surface area (Å²) in [4.78, 5) is 32.3. The van der Waals surface area contributed by atoms with Crippen molar-refractivity contribution in [1.29, 1.82) is 0 Å². The second kappa shape index (κ2) is 10.7. The maximum Gasteiger partial charge on any atom is 0.262 e. The molecule has 12 heteroatoms. The minimum atomic E-state index is -0.774. The lowest BCUT2D eigenvalue weighted by Gasteiger charge is -2.27. The van der Waals surface area contributed by atoms with Crippen LogP contribution >= 0.6 is 0 Å². The molecule has 0 spiro atoms. The Morgan fingerprint density at radius 1 is 1.16 bits per heavy atom. The summed E-state index contributed by atoms with van der Waals surface area (Å²) in [6.07, 6.45) is 2.94. The number of rotatable bonds is 7. The van der Waals surface area contributed by atoms with Crippen LogP contribution in [0.2, 0.25) is 0 Å². The van der Waals surface area contributed by atoms with Gasteiger partial charge in [0, 0.05) is 70.2 Å². The second-order valence-electron chi connectivity index (χ2n) is 9.32. The fraction of sp³-hybridized carbons (Fsp3) is 0.308. The minimum absolute atomic E-state index is 0.0356. The van der Waals surface area contributed by atoms with Crippen LogP contribution in [0.25, 0.3) is 10.9 Å². The van der Waals surface area contributed by atoms with Gasteiger partial charge in [-0.25, -0.2) is 23.7 Å². The molecule has 5 rings (SSSR count). The largest absolute Gasteiger partial charge is 0.435 e. The highest BCUT2D eigenvalue weighted by Crippen LogP contribution is 2.35. The Bertz CT molecular complexity index is 1470. The van der Waals surface area contributed by atoms with E-state index in [0.717, 1.165) is 44.4 Å². The van der Waals surface area contributed by atoms with Gasteiger partial charge < -0.3 is 25.3 Å². The van der Waals surface area contributed by atoms with Crippen LogP contribution < -0.4 is 15.4 Å². The molecule has 0 radical (unpaired) electrons. The molecule has 0 saturated carbocycles. The first kappa shape index (κ1) is 25.5. The van der Waals surface area contributed by atoms with Crippen molar-refractivity contribution in [3.63, 3.8) is 0 Å². The molecule has 0 bridgehead atoms. The monoisotopic (exact) mass is 522 g/mol. The summed E-state index contributed by atoms with van der Waals surface area (Å²) < 4.78 is 35.6. The third-order valence-corrected chi connectivity index (χ3v) is 6.23. The van der Waals surface area contributed by atoms with Crippen molar-refractivity contribution in [3.8, 4) is 11.6 Å². The zero-order valence-electron chi connectivity index (χ0n) is 21.3. The summed E-state index contributed by atoms with van der Waals surface area (Å²) in [6.45, 7) is 6.35. The average Bonchev–Trinajstić information content (AvgIpc) is 3.31. The van der Waals surface area contributed by atoms with Crippen molar-refractivity contribution < 1.29 is 18.3 Å². The highest BCUT2D eigenvalue weighted by Gasteiger charge is 2.25. The lowest BCUT2D eigenvalue weighted by atomic mass is 10.2. The molecule has 0 unspecified atom stereocenters. The number of nitrogens with zero attached hydrogens (tertiary/aromatic N) is 5. The van der Waals surface area contributed by atoms with Gasteiger partial charge in [-0.05, 0) is 24.6 Å². The van der Waals surface area contributed by atoms with E-state index in [9.17, 15) is 9.18 Å². The molecule has 4 heterocycles. The molecule has 1 amide bonds. The first-order valence-corrected chi connectivity index (χ1v) is 12.2. The highest BCUT2D eigenvalue weighted by molar-refractivity contribution is 6.01. The van der Waals surface area contributed by atoms with E-state index in [1.807, 2.05) is 6.07 Å². The summed E-state index contributed by atoms with van der Waals surface area (Å²) >= 11 is 0. The molecule has 1 fully saturated rings. The number of piperazine rings is 1. The predicted molar refractivity (Wildman–Crippen MR) is 139 cm³/mol. The molecule has 38 heavy (non-hydrogen) atoms. The summed E-state index contributed by atoms with van der Waals surface area (Å²) in [5.41, 5.74) is 1.64. The van der Waals surface area contributed by atoms with E-state index >= 15 is 4.39 Å². The van der Waals surface area contributed by atoms with Crippen LogP contribution in [0.5, 0.6) is 11.6 Å². The number of nitrogens with one attached hydrogen (secondary N) is 3. The van der Waals surface area contributed by atoms with E-state index in [0.29, 0.717) is 11.5 Å². The number of amides is 1. The van der Waals surface area contributed by atoms with Gasteiger partial charge in [0.25, 0.3) is 5.91 Å². The molecule has 10 nitrogen and oxygen atoms in total. The van der Waals surface area contributed by atoms with Crippen LogP contribution in [0.4, 0.5) is 20.4 Å². The quantitative estimate of drug-likeness (QED) is 0.338. The van der Waals surface area contributed by atoms with Gasteiger partial charge in [-0.15, -0.1) is 0 Å². The summed E-state index contributed by atoms with van der Waals surface area (Å²) in [5, 5.41) is 6.41. The Kier molecular flexibility index (Phi) is 7.16. The summed E-state index contributed by atoms with van der Waals surface area (Å²) in [6, 6.07) is 6.15. The molecule has 1 saturated heterocycles. The molecular formula is C26H28F2N8O2. The summed E-state index contributed by atoms with van der Waals surface area (Å²) in [7, 11) is 3.11. The summed E-state index contributed by atoms with van der Waals surface area (Å²) in [5.74, 6) is -2.00.